The molecule has 0 aliphatic heterocycles. The molecule has 0 fully saturated rings. The highest BCUT2D eigenvalue weighted by atomic mass is 16.2. The molecule has 0 atom stereocenters. The molecule has 0 aliphatic rings. The molecule has 1 aromatic heterocycles. The minimum absolute atomic E-state index is 0.0654. The summed E-state index contributed by atoms with van der Waals surface area (Å²) in [6.07, 6.45) is 0. The Morgan fingerprint density at radius 3 is 2.47 bits per heavy atom. The molecule has 0 saturated heterocycles. The average Bonchev–Trinajstić information content (AvgIpc) is 2.64. The number of nitrogens with zero attached hydrogens (tertiary/aromatic N) is 2. The van der Waals surface area contributed by atoms with Crippen molar-refractivity contribution in [3.63, 3.8) is 0 Å². The zero-order chi connectivity index (χ0) is 13.0. The van der Waals surface area contributed by atoms with Crippen LogP contribution in [-0.2, 0) is 4.79 Å². The van der Waals surface area contributed by atoms with Crippen molar-refractivity contribution in [1.29, 1.82) is 0 Å². The maximum Gasteiger partial charge on any atom is 0.258 e. The van der Waals surface area contributed by atoms with Crippen LogP contribution in [0.2, 0.25) is 0 Å². The highest BCUT2D eigenvalue weighted by molar-refractivity contribution is 5.98. The number of amides is 2. The quantitative estimate of drug-likeness (QED) is 0.788. The van der Waals surface area contributed by atoms with Crippen LogP contribution in [0.15, 0.2) is 0 Å². The molecule has 1 aromatic rings. The molecule has 94 valence electrons. The Morgan fingerprint density at radius 2 is 2.06 bits per heavy atom. The smallest absolute Gasteiger partial charge is 0.258 e. The lowest BCUT2D eigenvalue weighted by molar-refractivity contribution is -0.121. The molecule has 6 heteroatoms. The summed E-state index contributed by atoms with van der Waals surface area (Å²) in [6.45, 7) is 5.95. The van der Waals surface area contributed by atoms with Gasteiger partial charge in [0.05, 0.1) is 17.8 Å². The highest BCUT2D eigenvalue weighted by Crippen LogP contribution is 2.12. The number of H-pyrrole nitrogens is 1. The van der Waals surface area contributed by atoms with Crippen LogP contribution in [0, 0.1) is 13.8 Å². The second-order valence-corrected chi connectivity index (χ2v) is 3.80. The largest absolute Gasteiger partial charge is 0.358 e. The minimum atomic E-state index is -0.181. The van der Waals surface area contributed by atoms with E-state index < -0.39 is 0 Å². The van der Waals surface area contributed by atoms with E-state index in [2.05, 4.69) is 15.5 Å². The Balaban J connectivity index is 2.90. The van der Waals surface area contributed by atoms with E-state index >= 15 is 0 Å². The zero-order valence-corrected chi connectivity index (χ0v) is 10.6. The predicted octanol–water partition coefficient (Wildman–Crippen LogP) is 0.235. The van der Waals surface area contributed by atoms with Crippen molar-refractivity contribution in [2.24, 2.45) is 0 Å². The summed E-state index contributed by atoms with van der Waals surface area (Å²) >= 11 is 0. The molecule has 2 amide bonds. The van der Waals surface area contributed by atoms with Crippen LogP contribution in [0.1, 0.15) is 28.7 Å². The van der Waals surface area contributed by atoms with E-state index in [9.17, 15) is 9.59 Å². The number of aromatic amines is 1. The number of hydrogen-bond donors (Lipinski definition) is 2. The van der Waals surface area contributed by atoms with Crippen LogP contribution >= 0.6 is 0 Å². The molecule has 1 heterocycles. The Hall–Kier alpha value is -1.85. The third-order valence-corrected chi connectivity index (χ3v) is 2.62. The molecule has 0 radical (unpaired) electrons. The Labute approximate surface area is 100 Å². The van der Waals surface area contributed by atoms with Crippen LogP contribution in [-0.4, -0.2) is 47.0 Å². The summed E-state index contributed by atoms with van der Waals surface area (Å²) in [5.41, 5.74) is 1.93. The molecule has 1 rings (SSSR count). The van der Waals surface area contributed by atoms with Gasteiger partial charge in [-0.05, 0) is 20.8 Å². The molecule has 0 unspecified atom stereocenters. The Bertz CT molecular complexity index is 406. The maximum absolute atomic E-state index is 12.2. The second-order valence-electron chi connectivity index (χ2n) is 3.80. The number of likely N-dealkylation sites (N-methyl/N-ethyl adjacent to an activating group) is 2. The molecular formula is C11H18N4O2. The van der Waals surface area contributed by atoms with Gasteiger partial charge in [0.1, 0.15) is 0 Å². The van der Waals surface area contributed by atoms with E-state index in [4.69, 9.17) is 0 Å². The topological polar surface area (TPSA) is 78.1 Å². The van der Waals surface area contributed by atoms with Gasteiger partial charge in [0.15, 0.2) is 0 Å². The molecule has 6 nitrogen and oxygen atoms in total. The van der Waals surface area contributed by atoms with E-state index in [0.29, 0.717) is 17.8 Å². The van der Waals surface area contributed by atoms with Crippen LogP contribution in [0.4, 0.5) is 0 Å². The molecule has 2 N–H and O–H groups in total. The lowest BCUT2D eigenvalue weighted by Crippen LogP contribution is -2.39. The maximum atomic E-state index is 12.2. The van der Waals surface area contributed by atoms with Gasteiger partial charge in [0.2, 0.25) is 5.91 Å². The van der Waals surface area contributed by atoms with Gasteiger partial charge in [-0.2, -0.15) is 5.10 Å². The van der Waals surface area contributed by atoms with Crippen LogP contribution < -0.4 is 5.32 Å². The van der Waals surface area contributed by atoms with Gasteiger partial charge < -0.3 is 10.2 Å². The van der Waals surface area contributed by atoms with Gasteiger partial charge in [0, 0.05) is 19.3 Å². The summed E-state index contributed by atoms with van der Waals surface area (Å²) in [5.74, 6) is -0.348. The summed E-state index contributed by atoms with van der Waals surface area (Å²) in [4.78, 5) is 25.0. The molecule has 0 bridgehead atoms. The van der Waals surface area contributed by atoms with Crippen molar-refractivity contribution in [3.8, 4) is 0 Å². The van der Waals surface area contributed by atoms with Gasteiger partial charge in [-0.1, -0.05) is 0 Å². The molecule has 0 aromatic carbocycles. The first-order chi connectivity index (χ1) is 8.01. The fraction of sp³-hybridized carbons (Fsp3) is 0.545. The van der Waals surface area contributed by atoms with Crippen molar-refractivity contribution >= 4 is 11.8 Å². The predicted molar refractivity (Wildman–Crippen MR) is 63.7 cm³/mol. The normalized spacial score (nSPS) is 10.1. The first kappa shape index (κ1) is 13.2. The van der Waals surface area contributed by atoms with E-state index in [1.165, 1.54) is 4.90 Å². The lowest BCUT2D eigenvalue weighted by atomic mass is 10.1. The second kappa shape index (κ2) is 5.47. The SMILES string of the molecule is CCN(CC(=O)NC)C(=O)c1c(C)n[nH]c1C. The third-order valence-electron chi connectivity index (χ3n) is 2.62. The number of rotatable bonds is 4. The number of carbonyl (C=O) groups is 2. The molecule has 0 aliphatic carbocycles. The van der Waals surface area contributed by atoms with Crippen molar-refractivity contribution in [1.82, 2.24) is 20.4 Å². The van der Waals surface area contributed by atoms with Gasteiger partial charge in [-0.15, -0.1) is 0 Å². The molecular weight excluding hydrogens is 220 g/mol. The van der Waals surface area contributed by atoms with Crippen molar-refractivity contribution in [2.45, 2.75) is 20.8 Å². The summed E-state index contributed by atoms with van der Waals surface area (Å²) in [5, 5.41) is 9.25. The first-order valence-corrected chi connectivity index (χ1v) is 5.52. The van der Waals surface area contributed by atoms with Crippen molar-refractivity contribution < 1.29 is 9.59 Å². The van der Waals surface area contributed by atoms with Crippen LogP contribution in [0.5, 0.6) is 0 Å². The number of hydrogen-bond acceptors (Lipinski definition) is 3. The Kier molecular flexibility index (Phi) is 4.25. The van der Waals surface area contributed by atoms with Gasteiger partial charge in [-0.3, -0.25) is 14.7 Å². The number of carbonyl (C=O) groups excluding carboxylic acids is 2. The summed E-state index contributed by atoms with van der Waals surface area (Å²) in [6, 6.07) is 0. The number of aromatic nitrogens is 2. The fourth-order valence-electron chi connectivity index (χ4n) is 1.60. The van der Waals surface area contributed by atoms with Crippen LogP contribution in [0.25, 0.3) is 0 Å². The van der Waals surface area contributed by atoms with Crippen molar-refractivity contribution in [2.75, 3.05) is 20.1 Å². The van der Waals surface area contributed by atoms with E-state index in [1.54, 1.807) is 20.9 Å². The van der Waals surface area contributed by atoms with Gasteiger partial charge in [0.25, 0.3) is 5.91 Å². The lowest BCUT2D eigenvalue weighted by Gasteiger charge is -2.19. The van der Waals surface area contributed by atoms with E-state index in [0.717, 1.165) is 5.69 Å². The monoisotopic (exact) mass is 238 g/mol. The third kappa shape index (κ3) is 2.83. The van der Waals surface area contributed by atoms with E-state index in [-0.39, 0.29) is 18.4 Å². The summed E-state index contributed by atoms with van der Waals surface area (Å²) < 4.78 is 0. The van der Waals surface area contributed by atoms with Crippen LogP contribution in [0.3, 0.4) is 0 Å². The Morgan fingerprint density at radius 1 is 1.41 bits per heavy atom. The highest BCUT2D eigenvalue weighted by Gasteiger charge is 2.22. The first-order valence-electron chi connectivity index (χ1n) is 5.52. The number of nitrogens with one attached hydrogen (secondary N) is 2. The summed E-state index contributed by atoms with van der Waals surface area (Å²) in [7, 11) is 1.55. The average molecular weight is 238 g/mol. The molecule has 0 saturated carbocycles. The van der Waals surface area contributed by atoms with E-state index in [1.807, 2.05) is 6.92 Å². The minimum Gasteiger partial charge on any atom is -0.358 e. The standard InChI is InChI=1S/C11H18N4O2/c1-5-15(6-9(16)12-4)11(17)10-7(2)13-14-8(10)3/h5-6H2,1-4H3,(H,12,16)(H,13,14). The van der Waals surface area contributed by atoms with Gasteiger partial charge in [-0.25, -0.2) is 0 Å². The number of aryl methyl sites for hydroxylation is 2. The van der Waals surface area contributed by atoms with Crippen molar-refractivity contribution in [3.05, 3.63) is 17.0 Å². The van der Waals surface area contributed by atoms with Gasteiger partial charge >= 0.3 is 0 Å². The zero-order valence-electron chi connectivity index (χ0n) is 10.6. The fourth-order valence-corrected chi connectivity index (χ4v) is 1.60. The molecule has 17 heavy (non-hydrogen) atoms. The molecule has 0 spiro atoms.